The summed E-state index contributed by atoms with van der Waals surface area (Å²) < 4.78 is 5.95. The second kappa shape index (κ2) is 7.10. The number of carbonyl (C=O) groups excluding carboxylic acids is 1. The van der Waals surface area contributed by atoms with Crippen molar-refractivity contribution >= 4 is 5.91 Å². The van der Waals surface area contributed by atoms with Crippen molar-refractivity contribution in [3.8, 4) is 0 Å². The highest BCUT2D eigenvalue weighted by molar-refractivity contribution is 5.88. The van der Waals surface area contributed by atoms with Crippen molar-refractivity contribution in [3.63, 3.8) is 0 Å². The summed E-state index contributed by atoms with van der Waals surface area (Å²) in [6.45, 7) is 9.92. The fourth-order valence-corrected chi connectivity index (χ4v) is 3.48. The minimum absolute atomic E-state index is 0.162. The van der Waals surface area contributed by atoms with Crippen molar-refractivity contribution in [3.05, 3.63) is 0 Å². The quantitative estimate of drug-likeness (QED) is 0.785. The average Bonchev–Trinajstić information content (AvgIpc) is 3.01. The van der Waals surface area contributed by atoms with Gasteiger partial charge in [-0.25, -0.2) is 0 Å². The Bertz CT molecular complexity index is 353. The number of nitrogens with zero attached hydrogens (tertiary/aromatic N) is 1. The van der Waals surface area contributed by atoms with Crippen LogP contribution in [-0.2, 0) is 9.53 Å². The van der Waals surface area contributed by atoms with Crippen LogP contribution in [0.5, 0.6) is 0 Å². The van der Waals surface area contributed by atoms with Gasteiger partial charge in [-0.2, -0.15) is 0 Å². The number of ether oxygens (including phenoxy) is 1. The van der Waals surface area contributed by atoms with Crippen LogP contribution in [0.4, 0.5) is 0 Å². The molecule has 2 atom stereocenters. The highest BCUT2D eigenvalue weighted by Crippen LogP contribution is 2.27. The molecule has 4 nitrogen and oxygen atoms in total. The number of carbonyl (C=O) groups is 1. The van der Waals surface area contributed by atoms with Crippen LogP contribution in [0.3, 0.4) is 0 Å². The number of nitrogens with one attached hydrogen (secondary N) is 1. The zero-order valence-electron chi connectivity index (χ0n) is 14.2. The molecule has 2 rings (SSSR count). The molecule has 2 unspecified atom stereocenters. The molecule has 4 heteroatoms. The van der Waals surface area contributed by atoms with Gasteiger partial charge < -0.3 is 9.64 Å². The van der Waals surface area contributed by atoms with Crippen molar-refractivity contribution in [2.45, 2.75) is 84.0 Å². The first-order chi connectivity index (χ1) is 9.96. The van der Waals surface area contributed by atoms with E-state index < -0.39 is 5.54 Å². The normalized spacial score (nSPS) is 30.8. The summed E-state index contributed by atoms with van der Waals surface area (Å²) in [5, 5.41) is 3.55. The highest BCUT2D eigenvalue weighted by atomic mass is 16.5. The molecule has 1 amide bonds. The number of hydrogen-bond donors (Lipinski definition) is 1. The van der Waals surface area contributed by atoms with Gasteiger partial charge in [0.05, 0.1) is 24.4 Å². The van der Waals surface area contributed by atoms with Crippen molar-refractivity contribution in [1.29, 1.82) is 0 Å². The third-order valence-electron chi connectivity index (χ3n) is 4.98. The molecule has 122 valence electrons. The molecule has 1 heterocycles. The molecule has 0 spiro atoms. The zero-order chi connectivity index (χ0) is 15.5. The van der Waals surface area contributed by atoms with Gasteiger partial charge in [-0.3, -0.25) is 10.1 Å². The Morgan fingerprint density at radius 3 is 2.62 bits per heavy atom. The zero-order valence-corrected chi connectivity index (χ0v) is 14.2. The molecule has 0 aromatic heterocycles. The van der Waals surface area contributed by atoms with E-state index in [9.17, 15) is 4.79 Å². The van der Waals surface area contributed by atoms with E-state index in [-0.39, 0.29) is 12.1 Å². The second-order valence-electron chi connectivity index (χ2n) is 7.25. The Hall–Kier alpha value is -0.610. The van der Waals surface area contributed by atoms with E-state index in [4.69, 9.17) is 4.74 Å². The molecule has 2 aliphatic rings. The highest BCUT2D eigenvalue weighted by Gasteiger charge is 2.46. The summed E-state index contributed by atoms with van der Waals surface area (Å²) in [5.41, 5.74) is -0.396. The molecule has 0 bridgehead atoms. The fraction of sp³-hybridized carbons (Fsp3) is 0.941. The molecule has 2 fully saturated rings. The van der Waals surface area contributed by atoms with E-state index in [0.29, 0.717) is 18.6 Å². The van der Waals surface area contributed by atoms with Crippen LogP contribution in [-0.4, -0.2) is 41.8 Å². The Morgan fingerprint density at radius 1 is 1.38 bits per heavy atom. The predicted molar refractivity (Wildman–Crippen MR) is 85.0 cm³/mol. The van der Waals surface area contributed by atoms with Crippen LogP contribution in [0.25, 0.3) is 0 Å². The molecular weight excluding hydrogens is 264 g/mol. The van der Waals surface area contributed by atoms with Crippen LogP contribution in [0.1, 0.15) is 66.2 Å². The molecule has 0 aromatic rings. The fourth-order valence-electron chi connectivity index (χ4n) is 3.48. The number of amides is 1. The molecule has 1 aliphatic carbocycles. The summed E-state index contributed by atoms with van der Waals surface area (Å²) in [6.07, 6.45) is 7.39. The first kappa shape index (κ1) is 16.8. The van der Waals surface area contributed by atoms with Gasteiger partial charge >= 0.3 is 0 Å². The standard InChI is InChI=1S/C17H32N2O2/c1-5-17(4)16(20)19(15(18-17)12-13(2)3)10-11-21-14-8-6-7-9-14/h13-15,18H,5-12H2,1-4H3. The van der Waals surface area contributed by atoms with Crippen LogP contribution in [0, 0.1) is 5.92 Å². The molecule has 0 aromatic carbocycles. The van der Waals surface area contributed by atoms with Gasteiger partial charge in [0.2, 0.25) is 5.91 Å². The first-order valence-corrected chi connectivity index (χ1v) is 8.66. The summed E-state index contributed by atoms with van der Waals surface area (Å²) in [7, 11) is 0. The minimum Gasteiger partial charge on any atom is -0.376 e. The predicted octanol–water partition coefficient (Wildman–Crippen LogP) is 2.92. The first-order valence-electron chi connectivity index (χ1n) is 8.66. The molecule has 1 aliphatic heterocycles. The molecule has 1 N–H and O–H groups in total. The maximum Gasteiger partial charge on any atom is 0.243 e. The van der Waals surface area contributed by atoms with Gasteiger partial charge in [-0.1, -0.05) is 33.6 Å². The third kappa shape index (κ3) is 3.98. The lowest BCUT2D eigenvalue weighted by molar-refractivity contribution is -0.134. The van der Waals surface area contributed by atoms with E-state index >= 15 is 0 Å². The Kier molecular flexibility index (Phi) is 5.67. The van der Waals surface area contributed by atoms with Crippen molar-refractivity contribution in [2.75, 3.05) is 13.2 Å². The summed E-state index contributed by atoms with van der Waals surface area (Å²) in [6, 6.07) is 0. The summed E-state index contributed by atoms with van der Waals surface area (Å²) in [5.74, 6) is 0.818. The maximum absolute atomic E-state index is 12.7. The average molecular weight is 296 g/mol. The van der Waals surface area contributed by atoms with Crippen LogP contribution < -0.4 is 5.32 Å². The molecule has 1 saturated carbocycles. The SMILES string of the molecule is CCC1(C)NC(CC(C)C)N(CCOC2CCCC2)C1=O. The minimum atomic E-state index is -0.396. The van der Waals surface area contributed by atoms with Crippen LogP contribution >= 0.6 is 0 Å². The van der Waals surface area contributed by atoms with E-state index in [2.05, 4.69) is 26.1 Å². The van der Waals surface area contributed by atoms with Gasteiger partial charge in [0.15, 0.2) is 0 Å². The van der Waals surface area contributed by atoms with Gasteiger partial charge in [0.1, 0.15) is 0 Å². The van der Waals surface area contributed by atoms with E-state index in [1.54, 1.807) is 0 Å². The Labute approximate surface area is 129 Å². The summed E-state index contributed by atoms with van der Waals surface area (Å²) >= 11 is 0. The number of rotatable bonds is 7. The lowest BCUT2D eigenvalue weighted by Crippen LogP contribution is -2.44. The van der Waals surface area contributed by atoms with Crippen LogP contribution in [0.15, 0.2) is 0 Å². The van der Waals surface area contributed by atoms with Crippen molar-refractivity contribution < 1.29 is 9.53 Å². The smallest absolute Gasteiger partial charge is 0.243 e. The largest absolute Gasteiger partial charge is 0.376 e. The summed E-state index contributed by atoms with van der Waals surface area (Å²) in [4.78, 5) is 14.7. The topological polar surface area (TPSA) is 41.6 Å². The molecule has 0 radical (unpaired) electrons. The van der Waals surface area contributed by atoms with E-state index in [0.717, 1.165) is 19.4 Å². The van der Waals surface area contributed by atoms with Crippen LogP contribution in [0.2, 0.25) is 0 Å². The van der Waals surface area contributed by atoms with Gasteiger partial charge in [0.25, 0.3) is 0 Å². The molecular formula is C17H32N2O2. The van der Waals surface area contributed by atoms with Crippen molar-refractivity contribution in [2.24, 2.45) is 5.92 Å². The maximum atomic E-state index is 12.7. The van der Waals surface area contributed by atoms with E-state index in [1.165, 1.54) is 25.7 Å². The van der Waals surface area contributed by atoms with E-state index in [1.807, 2.05) is 11.8 Å². The molecule has 1 saturated heterocycles. The Morgan fingerprint density at radius 2 is 2.05 bits per heavy atom. The second-order valence-corrected chi connectivity index (χ2v) is 7.25. The molecule has 21 heavy (non-hydrogen) atoms. The van der Waals surface area contributed by atoms with Crippen molar-refractivity contribution in [1.82, 2.24) is 10.2 Å². The Balaban J connectivity index is 1.90. The lowest BCUT2D eigenvalue weighted by Gasteiger charge is -2.26. The number of hydrogen-bond acceptors (Lipinski definition) is 3. The third-order valence-corrected chi connectivity index (χ3v) is 4.98. The monoisotopic (exact) mass is 296 g/mol. The lowest BCUT2D eigenvalue weighted by atomic mass is 9.99. The van der Waals surface area contributed by atoms with Gasteiger partial charge in [-0.05, 0) is 38.5 Å². The van der Waals surface area contributed by atoms with Gasteiger partial charge in [-0.15, -0.1) is 0 Å². The van der Waals surface area contributed by atoms with Gasteiger partial charge in [0, 0.05) is 6.54 Å².